The normalized spacial score (nSPS) is 12.6. The van der Waals surface area contributed by atoms with Crippen LogP contribution in [0.2, 0.25) is 0 Å². The van der Waals surface area contributed by atoms with Gasteiger partial charge in [-0.2, -0.15) is 0 Å². The van der Waals surface area contributed by atoms with E-state index in [9.17, 15) is 0 Å². The van der Waals surface area contributed by atoms with Crippen LogP contribution in [0.5, 0.6) is 0 Å². The predicted octanol–water partition coefficient (Wildman–Crippen LogP) is 20.5. The van der Waals surface area contributed by atoms with Crippen molar-refractivity contribution in [1.82, 2.24) is 0 Å². The summed E-state index contributed by atoms with van der Waals surface area (Å²) in [4.78, 5) is 2.41. The fourth-order valence-electron chi connectivity index (χ4n) is 12.2. The molecule has 14 aromatic rings. The topological polar surface area (TPSA) is 16.4 Å². The number of benzene rings is 12. The summed E-state index contributed by atoms with van der Waals surface area (Å²) in [6.45, 7) is 0. The Balaban J connectivity index is 0.806. The Bertz CT molecular complexity index is 4440. The minimum absolute atomic E-state index is 0.475. The first-order valence-corrected chi connectivity index (χ1v) is 26.9. The third-order valence-electron chi connectivity index (χ3n) is 15.8. The minimum atomic E-state index is -0.475. The highest BCUT2D eigenvalue weighted by Crippen LogP contribution is 2.57. The first kappa shape index (κ1) is 44.0. The molecular formula is C73H47NOS. The lowest BCUT2D eigenvalue weighted by atomic mass is 9.68. The smallest absolute Gasteiger partial charge is 0.135 e. The molecule has 1 aliphatic carbocycles. The van der Waals surface area contributed by atoms with Crippen molar-refractivity contribution < 1.29 is 4.42 Å². The van der Waals surface area contributed by atoms with Gasteiger partial charge in [0, 0.05) is 48.0 Å². The van der Waals surface area contributed by atoms with Gasteiger partial charge in [-0.05, 0) is 139 Å². The molecule has 0 aliphatic heterocycles. The summed E-state index contributed by atoms with van der Waals surface area (Å²) in [5.41, 5.74) is 21.7. The number of furan rings is 1. The molecule has 356 valence electrons. The maximum atomic E-state index is 6.13. The molecule has 0 saturated carbocycles. The lowest BCUT2D eigenvalue weighted by Crippen LogP contribution is -2.28. The fourth-order valence-corrected chi connectivity index (χ4v) is 13.4. The average molecular weight is 986 g/mol. The zero-order valence-electron chi connectivity index (χ0n) is 41.4. The van der Waals surface area contributed by atoms with Crippen LogP contribution in [-0.4, -0.2) is 0 Å². The van der Waals surface area contributed by atoms with E-state index in [4.69, 9.17) is 4.42 Å². The minimum Gasteiger partial charge on any atom is -0.456 e. The molecule has 12 aromatic carbocycles. The maximum absolute atomic E-state index is 6.13. The van der Waals surface area contributed by atoms with Crippen LogP contribution in [0, 0.1) is 0 Å². The Morgan fingerprint density at radius 2 is 0.763 bits per heavy atom. The molecule has 0 atom stereocenters. The molecule has 2 aromatic heterocycles. The molecule has 0 saturated heterocycles. The van der Waals surface area contributed by atoms with E-state index in [1.165, 1.54) is 92.5 Å². The van der Waals surface area contributed by atoms with Crippen LogP contribution >= 0.6 is 11.3 Å². The Kier molecular flexibility index (Phi) is 10.3. The standard InChI is InChI=1S/C73H47NOS/c1-3-14-55(15-4-1)73(56-16-5-2-6-17-56)67-23-10-7-18-61(67)65-47-59(43-44-68(65)73)74(57-39-34-50(35-40-57)48-26-28-52(29-27-48)54-38-45-70-66(46-54)62-19-8-11-24-69(62)75-70)58-41-36-51(37-42-58)49-30-32-53(33-31-49)60-21-13-22-64-63-20-9-12-25-71(63)76-72(60)64/h1-47H. The Morgan fingerprint density at radius 3 is 1.43 bits per heavy atom. The molecule has 76 heavy (non-hydrogen) atoms. The van der Waals surface area contributed by atoms with Gasteiger partial charge in [0.05, 0.1) is 5.41 Å². The van der Waals surface area contributed by atoms with Crippen molar-refractivity contribution in [3.8, 4) is 55.6 Å². The van der Waals surface area contributed by atoms with Gasteiger partial charge in [-0.3, -0.25) is 0 Å². The third-order valence-corrected chi connectivity index (χ3v) is 17.0. The fraction of sp³-hybridized carbons (Fsp3) is 0.0137. The highest BCUT2D eigenvalue weighted by atomic mass is 32.1. The molecule has 0 radical (unpaired) electrons. The van der Waals surface area contributed by atoms with E-state index in [-0.39, 0.29) is 0 Å². The zero-order chi connectivity index (χ0) is 50.2. The van der Waals surface area contributed by atoms with Crippen LogP contribution in [0.3, 0.4) is 0 Å². The number of fused-ring (bicyclic) bond motifs is 9. The number of nitrogens with zero attached hydrogens (tertiary/aromatic N) is 1. The quantitative estimate of drug-likeness (QED) is 0.143. The van der Waals surface area contributed by atoms with Gasteiger partial charge in [-0.1, -0.05) is 224 Å². The second-order valence-corrected chi connectivity index (χ2v) is 21.0. The highest BCUT2D eigenvalue weighted by Gasteiger charge is 2.46. The molecule has 2 nitrogen and oxygen atoms in total. The third kappa shape index (κ3) is 7.08. The number of hydrogen-bond donors (Lipinski definition) is 0. The number of thiophene rings is 1. The number of rotatable bonds is 9. The first-order valence-electron chi connectivity index (χ1n) is 26.0. The second kappa shape index (κ2) is 17.8. The summed E-state index contributed by atoms with van der Waals surface area (Å²) in [5.74, 6) is 0. The van der Waals surface area contributed by atoms with Gasteiger partial charge in [0.1, 0.15) is 11.2 Å². The van der Waals surface area contributed by atoms with E-state index in [0.717, 1.165) is 44.6 Å². The molecule has 0 bridgehead atoms. The van der Waals surface area contributed by atoms with E-state index in [2.05, 4.69) is 278 Å². The van der Waals surface area contributed by atoms with Crippen LogP contribution in [0.15, 0.2) is 290 Å². The van der Waals surface area contributed by atoms with Crippen molar-refractivity contribution in [2.45, 2.75) is 5.41 Å². The van der Waals surface area contributed by atoms with Gasteiger partial charge in [-0.25, -0.2) is 0 Å². The van der Waals surface area contributed by atoms with Gasteiger partial charge in [0.2, 0.25) is 0 Å². The molecule has 0 unspecified atom stereocenters. The van der Waals surface area contributed by atoms with E-state index in [0.29, 0.717) is 0 Å². The van der Waals surface area contributed by atoms with Crippen molar-refractivity contribution in [2.24, 2.45) is 0 Å². The van der Waals surface area contributed by atoms with Gasteiger partial charge >= 0.3 is 0 Å². The second-order valence-electron chi connectivity index (χ2n) is 19.9. The number of hydrogen-bond acceptors (Lipinski definition) is 3. The molecule has 0 amide bonds. The van der Waals surface area contributed by atoms with Crippen LogP contribution in [0.25, 0.3) is 97.7 Å². The monoisotopic (exact) mass is 985 g/mol. The molecule has 0 fully saturated rings. The highest BCUT2D eigenvalue weighted by molar-refractivity contribution is 7.26. The average Bonchev–Trinajstić information content (AvgIpc) is 4.18. The Labute approximate surface area is 445 Å². The lowest BCUT2D eigenvalue weighted by Gasteiger charge is -2.34. The van der Waals surface area contributed by atoms with Crippen molar-refractivity contribution in [3.63, 3.8) is 0 Å². The SMILES string of the molecule is c1ccc(C2(c3ccccc3)c3ccccc3-c3cc(N(c4ccc(-c5ccc(-c6ccc7oc8ccccc8c7c6)cc5)cc4)c4ccc(-c5ccc(-c6cccc7c6sc6ccccc67)cc5)cc4)ccc32)cc1. The Morgan fingerprint density at radius 1 is 0.289 bits per heavy atom. The molecular weight excluding hydrogens is 939 g/mol. The van der Waals surface area contributed by atoms with Crippen molar-refractivity contribution in [2.75, 3.05) is 4.90 Å². The Hall–Kier alpha value is -9.54. The molecule has 2 heterocycles. The van der Waals surface area contributed by atoms with Crippen molar-refractivity contribution in [1.29, 1.82) is 0 Å². The summed E-state index contributed by atoms with van der Waals surface area (Å²) in [6.07, 6.45) is 0. The van der Waals surface area contributed by atoms with Crippen LogP contribution in [0.4, 0.5) is 17.1 Å². The van der Waals surface area contributed by atoms with E-state index < -0.39 is 5.41 Å². The van der Waals surface area contributed by atoms with Crippen molar-refractivity contribution in [3.05, 3.63) is 307 Å². The maximum Gasteiger partial charge on any atom is 0.135 e. The summed E-state index contributed by atoms with van der Waals surface area (Å²) in [5, 5.41) is 4.92. The molecule has 15 rings (SSSR count). The van der Waals surface area contributed by atoms with Crippen LogP contribution in [0.1, 0.15) is 22.3 Å². The van der Waals surface area contributed by atoms with Gasteiger partial charge < -0.3 is 9.32 Å². The van der Waals surface area contributed by atoms with E-state index in [1.54, 1.807) is 0 Å². The largest absolute Gasteiger partial charge is 0.456 e. The van der Waals surface area contributed by atoms with Crippen molar-refractivity contribution >= 4 is 70.5 Å². The van der Waals surface area contributed by atoms with E-state index in [1.807, 2.05) is 23.5 Å². The van der Waals surface area contributed by atoms with Gasteiger partial charge in [0.25, 0.3) is 0 Å². The molecule has 0 spiro atoms. The lowest BCUT2D eigenvalue weighted by molar-refractivity contribution is 0.669. The molecule has 3 heteroatoms. The summed E-state index contributed by atoms with van der Waals surface area (Å²) in [7, 11) is 0. The summed E-state index contributed by atoms with van der Waals surface area (Å²) in [6, 6.07) is 105. The van der Waals surface area contributed by atoms with Crippen LogP contribution in [-0.2, 0) is 5.41 Å². The zero-order valence-corrected chi connectivity index (χ0v) is 42.2. The predicted molar refractivity (Wildman–Crippen MR) is 320 cm³/mol. The number of anilines is 3. The molecule has 0 N–H and O–H groups in total. The van der Waals surface area contributed by atoms with E-state index >= 15 is 0 Å². The van der Waals surface area contributed by atoms with Gasteiger partial charge in [-0.15, -0.1) is 11.3 Å². The van der Waals surface area contributed by atoms with Gasteiger partial charge in [0.15, 0.2) is 0 Å². The van der Waals surface area contributed by atoms with Crippen LogP contribution < -0.4 is 4.90 Å². The first-order chi connectivity index (χ1) is 37.7. The molecule has 1 aliphatic rings. The summed E-state index contributed by atoms with van der Waals surface area (Å²) < 4.78 is 8.79. The number of para-hydroxylation sites is 1. The summed E-state index contributed by atoms with van der Waals surface area (Å²) >= 11 is 1.88.